The zero-order valence-corrected chi connectivity index (χ0v) is 15.7. The molecule has 132 valence electrons. The molecule has 4 aliphatic carbocycles. The van der Waals surface area contributed by atoms with Crippen LogP contribution in [0.15, 0.2) is 48.3 Å². The molecule has 0 amide bonds. The van der Waals surface area contributed by atoms with Gasteiger partial charge in [0.1, 0.15) is 0 Å². The van der Waals surface area contributed by atoms with E-state index in [2.05, 4.69) is 55.4 Å². The molecule has 1 aromatic rings. The van der Waals surface area contributed by atoms with Gasteiger partial charge in [-0.25, -0.2) is 0 Å². The summed E-state index contributed by atoms with van der Waals surface area (Å²) in [5, 5.41) is 0. The van der Waals surface area contributed by atoms with Gasteiger partial charge in [0, 0.05) is 12.4 Å². The fraction of sp³-hybridized carbons (Fsp3) is 0.625. The van der Waals surface area contributed by atoms with Crippen LogP contribution >= 0.6 is 0 Å². The highest BCUT2D eigenvalue weighted by atomic mass is 14.7. The minimum atomic E-state index is 0.450. The summed E-state index contributed by atoms with van der Waals surface area (Å²) in [5.74, 6) is 3.43. The summed E-state index contributed by atoms with van der Waals surface area (Å²) in [6.07, 6.45) is 21.1. The van der Waals surface area contributed by atoms with Crippen molar-refractivity contribution in [1.82, 2.24) is 4.98 Å². The topological polar surface area (TPSA) is 12.9 Å². The van der Waals surface area contributed by atoms with E-state index in [-0.39, 0.29) is 0 Å². The normalized spacial score (nSPS) is 45.3. The molecule has 6 atom stereocenters. The largest absolute Gasteiger partial charge is 0.264 e. The van der Waals surface area contributed by atoms with Gasteiger partial charge in [-0.1, -0.05) is 38.1 Å². The van der Waals surface area contributed by atoms with Crippen LogP contribution in [0, 0.1) is 28.6 Å². The van der Waals surface area contributed by atoms with Gasteiger partial charge in [0.25, 0.3) is 0 Å². The highest BCUT2D eigenvalue weighted by molar-refractivity contribution is 5.34. The van der Waals surface area contributed by atoms with Gasteiger partial charge in [-0.05, 0) is 96.7 Å². The molecular formula is C24H31N. The maximum absolute atomic E-state index is 4.43. The number of hydrogen-bond donors (Lipinski definition) is 0. The third-order valence-electron chi connectivity index (χ3n) is 8.74. The van der Waals surface area contributed by atoms with Crippen molar-refractivity contribution in [3.8, 4) is 0 Å². The Morgan fingerprint density at radius 1 is 1.08 bits per heavy atom. The molecule has 2 fully saturated rings. The number of nitrogens with zero attached hydrogens (tertiary/aromatic N) is 1. The SMILES string of the molecule is C[C@]12CCC3C(CC=C4C=CCC[C@@]43C)C1CCC2c1cccnc1. The molecule has 2 saturated carbocycles. The Balaban J connectivity index is 1.49. The van der Waals surface area contributed by atoms with Gasteiger partial charge in [0.2, 0.25) is 0 Å². The average Bonchev–Trinajstić information content (AvgIpc) is 2.99. The van der Waals surface area contributed by atoms with E-state index in [4.69, 9.17) is 0 Å². The first-order chi connectivity index (χ1) is 12.1. The van der Waals surface area contributed by atoms with E-state index in [0.717, 1.165) is 23.7 Å². The van der Waals surface area contributed by atoms with Crippen molar-refractivity contribution in [3.63, 3.8) is 0 Å². The van der Waals surface area contributed by atoms with Crippen molar-refractivity contribution in [1.29, 1.82) is 0 Å². The second kappa shape index (κ2) is 5.56. The summed E-state index contributed by atoms with van der Waals surface area (Å²) >= 11 is 0. The molecule has 0 saturated heterocycles. The molecule has 0 radical (unpaired) electrons. The number of hydrogen-bond acceptors (Lipinski definition) is 1. The molecule has 0 bridgehead atoms. The molecule has 0 spiro atoms. The zero-order chi connectivity index (χ0) is 17.1. The van der Waals surface area contributed by atoms with Gasteiger partial charge < -0.3 is 0 Å². The molecule has 1 heterocycles. The maximum Gasteiger partial charge on any atom is 0.0302 e. The molecule has 0 N–H and O–H groups in total. The molecule has 4 aliphatic rings. The fourth-order valence-electron chi connectivity index (χ4n) is 7.43. The Morgan fingerprint density at radius 3 is 2.84 bits per heavy atom. The first-order valence-corrected chi connectivity index (χ1v) is 10.4. The van der Waals surface area contributed by atoms with Crippen LogP contribution in [0.3, 0.4) is 0 Å². The lowest BCUT2D eigenvalue weighted by Gasteiger charge is -2.57. The van der Waals surface area contributed by atoms with E-state index < -0.39 is 0 Å². The lowest BCUT2D eigenvalue weighted by atomic mass is 9.48. The van der Waals surface area contributed by atoms with Crippen LogP contribution in [0.2, 0.25) is 0 Å². The summed E-state index contributed by atoms with van der Waals surface area (Å²) in [7, 11) is 0. The first-order valence-electron chi connectivity index (χ1n) is 10.4. The molecular weight excluding hydrogens is 302 g/mol. The van der Waals surface area contributed by atoms with E-state index in [1.54, 1.807) is 5.57 Å². The van der Waals surface area contributed by atoms with Gasteiger partial charge in [0.05, 0.1) is 0 Å². The van der Waals surface area contributed by atoms with E-state index in [1.807, 2.05) is 6.20 Å². The van der Waals surface area contributed by atoms with Crippen LogP contribution in [0.25, 0.3) is 0 Å². The predicted molar refractivity (Wildman–Crippen MR) is 103 cm³/mol. The highest BCUT2D eigenvalue weighted by Gasteiger charge is 2.58. The monoisotopic (exact) mass is 333 g/mol. The van der Waals surface area contributed by atoms with Crippen molar-refractivity contribution >= 4 is 0 Å². The molecule has 25 heavy (non-hydrogen) atoms. The van der Waals surface area contributed by atoms with Crippen molar-refractivity contribution in [2.45, 2.75) is 64.7 Å². The van der Waals surface area contributed by atoms with E-state index in [9.17, 15) is 0 Å². The Kier molecular flexibility index (Phi) is 3.53. The lowest BCUT2D eigenvalue weighted by Crippen LogP contribution is -2.48. The van der Waals surface area contributed by atoms with Crippen molar-refractivity contribution < 1.29 is 0 Å². The number of rotatable bonds is 1. The van der Waals surface area contributed by atoms with Crippen LogP contribution < -0.4 is 0 Å². The van der Waals surface area contributed by atoms with Gasteiger partial charge in [-0.3, -0.25) is 4.98 Å². The number of aromatic nitrogens is 1. The van der Waals surface area contributed by atoms with Gasteiger partial charge in [0.15, 0.2) is 0 Å². The number of fused-ring (bicyclic) bond motifs is 5. The van der Waals surface area contributed by atoms with Crippen LogP contribution in [-0.2, 0) is 0 Å². The molecule has 1 nitrogen and oxygen atoms in total. The summed E-state index contributed by atoms with van der Waals surface area (Å²) in [4.78, 5) is 4.43. The average molecular weight is 334 g/mol. The van der Waals surface area contributed by atoms with Crippen molar-refractivity contribution in [2.24, 2.45) is 28.6 Å². The smallest absolute Gasteiger partial charge is 0.0302 e. The van der Waals surface area contributed by atoms with Crippen molar-refractivity contribution in [2.75, 3.05) is 0 Å². The number of allylic oxidation sites excluding steroid dienone is 4. The molecule has 4 unspecified atom stereocenters. The van der Waals surface area contributed by atoms with Gasteiger partial charge in [-0.2, -0.15) is 0 Å². The zero-order valence-electron chi connectivity index (χ0n) is 15.7. The van der Waals surface area contributed by atoms with Gasteiger partial charge >= 0.3 is 0 Å². The molecule has 0 aliphatic heterocycles. The standard InChI is InChI=1S/C24H31N/c1-23-13-4-3-7-18(23)8-9-19-21-11-10-20(17-6-5-15-25-16-17)24(21,2)14-12-22(19)23/h3,5-8,15-16,19-22H,4,9-14H2,1-2H3/t19?,20?,21?,22?,23-,24+/m0/s1. The molecule has 1 aromatic heterocycles. The Hall–Kier alpha value is -1.37. The maximum atomic E-state index is 4.43. The third kappa shape index (κ3) is 2.17. The first kappa shape index (κ1) is 15.9. The summed E-state index contributed by atoms with van der Waals surface area (Å²) in [6.45, 7) is 5.19. The number of pyridine rings is 1. The fourth-order valence-corrected chi connectivity index (χ4v) is 7.43. The van der Waals surface area contributed by atoms with Crippen LogP contribution in [0.4, 0.5) is 0 Å². The van der Waals surface area contributed by atoms with E-state index in [1.165, 1.54) is 50.5 Å². The van der Waals surface area contributed by atoms with E-state index in [0.29, 0.717) is 10.8 Å². The third-order valence-corrected chi connectivity index (χ3v) is 8.74. The Labute approximate surface area is 152 Å². The summed E-state index contributed by atoms with van der Waals surface area (Å²) in [5.41, 5.74) is 4.08. The second-order valence-corrected chi connectivity index (χ2v) is 9.59. The van der Waals surface area contributed by atoms with E-state index >= 15 is 0 Å². The molecule has 5 rings (SSSR count). The summed E-state index contributed by atoms with van der Waals surface area (Å²) < 4.78 is 0. The quantitative estimate of drug-likeness (QED) is 0.588. The highest BCUT2D eigenvalue weighted by Crippen LogP contribution is 2.67. The van der Waals surface area contributed by atoms with Crippen molar-refractivity contribution in [3.05, 3.63) is 53.9 Å². The Bertz CT molecular complexity index is 717. The summed E-state index contributed by atoms with van der Waals surface area (Å²) in [6, 6.07) is 4.45. The second-order valence-electron chi connectivity index (χ2n) is 9.59. The Morgan fingerprint density at radius 2 is 2.00 bits per heavy atom. The lowest BCUT2D eigenvalue weighted by molar-refractivity contribution is -0.0243. The van der Waals surface area contributed by atoms with Gasteiger partial charge in [-0.15, -0.1) is 0 Å². The minimum Gasteiger partial charge on any atom is -0.264 e. The van der Waals surface area contributed by atoms with Crippen LogP contribution in [-0.4, -0.2) is 4.98 Å². The molecule has 1 heteroatoms. The molecule has 0 aromatic carbocycles. The van der Waals surface area contributed by atoms with Crippen LogP contribution in [0.5, 0.6) is 0 Å². The minimum absolute atomic E-state index is 0.450. The van der Waals surface area contributed by atoms with Crippen LogP contribution in [0.1, 0.15) is 70.3 Å². The predicted octanol–water partition coefficient (Wildman–Crippen LogP) is 6.29.